The van der Waals surface area contributed by atoms with E-state index in [1.807, 2.05) is 0 Å². The van der Waals surface area contributed by atoms with E-state index in [1.165, 1.54) is 26.4 Å². The number of rotatable bonds is 48. The summed E-state index contributed by atoms with van der Waals surface area (Å²) in [7, 11) is 0. The van der Waals surface area contributed by atoms with Gasteiger partial charge < -0.3 is 113 Å². The van der Waals surface area contributed by atoms with Crippen LogP contribution in [0, 0.1) is 23.2 Å². The number of nitrogens with one attached hydrogen (secondary N) is 15. The van der Waals surface area contributed by atoms with Crippen LogP contribution in [0.25, 0.3) is 0 Å². The number of hydrogen-bond acceptors (Lipinski definition) is 21. The number of hydrogen-bond donors (Lipinski definition) is 23. The summed E-state index contributed by atoms with van der Waals surface area (Å²) in [4.78, 5) is 197. The van der Waals surface area contributed by atoms with E-state index < -0.39 is 198 Å². The second kappa shape index (κ2) is 46.1. The van der Waals surface area contributed by atoms with E-state index in [4.69, 9.17) is 34.1 Å². The van der Waals surface area contributed by atoms with Crippen molar-refractivity contribution in [3.8, 4) is 0 Å². The first kappa shape index (κ1) is 88.6. The molecule has 0 bridgehead atoms. The van der Waals surface area contributed by atoms with Crippen molar-refractivity contribution in [2.45, 2.75) is 205 Å². The van der Waals surface area contributed by atoms with E-state index in [0.29, 0.717) is 43.5 Å². The molecule has 27 N–H and O–H groups in total. The van der Waals surface area contributed by atoms with Crippen LogP contribution in [0.1, 0.15) is 124 Å². The van der Waals surface area contributed by atoms with E-state index in [0.717, 1.165) is 0 Å². The summed E-state index contributed by atoms with van der Waals surface area (Å²) in [6, 6.07) is -8.28. The molecule has 0 unspecified atom stereocenters. The van der Waals surface area contributed by atoms with Crippen molar-refractivity contribution >= 4 is 101 Å². The van der Waals surface area contributed by atoms with Gasteiger partial charge in [0, 0.05) is 31.3 Å². The molecule has 570 valence electrons. The Kier molecular flexibility index (Phi) is 40.0. The molecule has 2 rings (SSSR count). The third-order valence-electron chi connectivity index (χ3n) is 15.9. The highest BCUT2D eigenvalue weighted by atomic mass is 32.1. The number of aliphatic hydroxyl groups is 1. The molecule has 102 heavy (non-hydrogen) atoms. The third-order valence-corrected chi connectivity index (χ3v) is 16.2. The number of carboxylic acid groups (broad SMARTS) is 1. The third kappa shape index (κ3) is 32.4. The number of carbonyl (C=O) groups is 14. The van der Waals surface area contributed by atoms with Crippen molar-refractivity contribution in [3.63, 3.8) is 0 Å². The number of aromatic nitrogens is 2. The molecular formula is C64H107N21O16S. The Labute approximate surface area is 598 Å². The molecule has 0 spiro atoms. The molecule has 1 aromatic carbocycles. The number of imidazole rings is 1. The number of thiol groups is 1. The lowest BCUT2D eigenvalue weighted by Crippen LogP contribution is -2.62. The molecule has 38 heteroatoms. The molecule has 1 aromatic heterocycles. The van der Waals surface area contributed by atoms with Crippen LogP contribution in [0.4, 0.5) is 0 Å². The molecule has 0 aliphatic heterocycles. The zero-order valence-electron chi connectivity index (χ0n) is 59.0. The molecule has 13 amide bonds. The van der Waals surface area contributed by atoms with Crippen molar-refractivity contribution in [2.24, 2.45) is 46.4 Å². The molecule has 13 atom stereocenters. The summed E-state index contributed by atoms with van der Waals surface area (Å²) in [6.07, 6.45) is 2.20. The summed E-state index contributed by atoms with van der Waals surface area (Å²) < 4.78 is 0. The van der Waals surface area contributed by atoms with Crippen molar-refractivity contribution in [1.29, 1.82) is 5.41 Å². The molecule has 0 aliphatic rings. The average molecular weight is 1460 g/mol. The SMILES string of the molecule is CC(C)[C@H](NC(=O)[C@H](CC(N)=O)NC(=O)CNC(=O)[C@H](C)NC(=O)[C@H](Cc1ccccc1)NC(=O)[C@@H](N)CCCCN)C(=O)N[C@H](C(=O)N[C@@H](CCCNC(=N)N)C(=O)N[C@@H](CCCCN)C(=O)N[C@@H](CS)C(=O)N[C@H](C(=O)N[C@H](C(=O)N[C@@H](Cc1c[nH]cn1)C(=O)O)[C@@H](C)O)C(C)C)C(C)C. The molecular weight excluding hydrogens is 1350 g/mol. The fraction of sp³-hybridized carbons (Fsp3) is 0.625. The Morgan fingerprint density at radius 1 is 0.510 bits per heavy atom. The van der Waals surface area contributed by atoms with Crippen molar-refractivity contribution in [3.05, 3.63) is 54.1 Å². The van der Waals surface area contributed by atoms with Crippen molar-refractivity contribution in [1.82, 2.24) is 79.1 Å². The van der Waals surface area contributed by atoms with Gasteiger partial charge in [0.25, 0.3) is 0 Å². The molecule has 0 saturated heterocycles. The number of unbranched alkanes of at least 4 members (excludes halogenated alkanes) is 2. The topological polar surface area (TPSA) is 618 Å². The van der Waals surface area contributed by atoms with E-state index >= 15 is 0 Å². The van der Waals surface area contributed by atoms with Crippen LogP contribution >= 0.6 is 12.6 Å². The number of nitrogens with two attached hydrogens (primary N) is 5. The first-order valence-corrected chi connectivity index (χ1v) is 34.3. The predicted octanol–water partition coefficient (Wildman–Crippen LogP) is -6.25. The average Bonchev–Trinajstić information content (AvgIpc) is 0.884. The monoisotopic (exact) mass is 1460 g/mol. The first-order chi connectivity index (χ1) is 48.0. The number of aliphatic carboxylic acids is 1. The number of carbonyl (C=O) groups excluding carboxylic acids is 13. The van der Waals surface area contributed by atoms with Crippen LogP contribution in [0.3, 0.4) is 0 Å². The van der Waals surface area contributed by atoms with Gasteiger partial charge >= 0.3 is 5.97 Å². The van der Waals surface area contributed by atoms with Crippen molar-refractivity contribution in [2.75, 3.05) is 31.9 Å². The highest BCUT2D eigenvalue weighted by Crippen LogP contribution is 2.13. The summed E-state index contributed by atoms with van der Waals surface area (Å²) in [5.74, 6) is -16.3. The van der Waals surface area contributed by atoms with Gasteiger partial charge in [-0.3, -0.25) is 67.7 Å². The highest BCUT2D eigenvalue weighted by molar-refractivity contribution is 7.80. The Bertz CT molecular complexity index is 3110. The lowest BCUT2D eigenvalue weighted by atomic mass is 9.98. The summed E-state index contributed by atoms with van der Waals surface area (Å²) in [5.41, 5.74) is 29.4. The van der Waals surface area contributed by atoms with E-state index in [-0.39, 0.29) is 57.4 Å². The fourth-order valence-corrected chi connectivity index (χ4v) is 10.2. The summed E-state index contributed by atoms with van der Waals surface area (Å²) >= 11 is 4.27. The standard InChI is InChI=1S/C64H107N21O16S/c1-32(2)48(84-60(97)49(33(3)4)82-57(94)43(27-46(68)87)76-47(88)29-73-52(89)35(7)75-56(93)42(25-37-17-10-9-11-18-37)79-53(90)39(67)19-12-14-22-65)59(96)78-41(21-16-24-72-64(69)70)54(91)77-40(20-13-15-23-66)55(92)81-45(30-102)58(95)83-50(34(5)6)61(98)85-51(36(8)86)62(99)80-44(63(100)101)26-38-28-71-31-74-38/h9-11,17-18,28,31-36,39-45,48-51,86,102H,12-16,19-27,29-30,65-67H2,1-8H3,(H2,68,87)(H,71,74)(H,73,89)(H,75,93)(H,76,88)(H,77,91)(H,78,96)(H,79,90)(H,80,99)(H,81,92)(H,82,94)(H,83,95)(H,84,97)(H,85,98)(H,100,101)(H4,69,70,72)/t35-,36+,39-,40-,41-,42-,43-,44-,45-,48-,49-,50-,51-/m0/s1. The minimum atomic E-state index is -1.72. The fourth-order valence-electron chi connectivity index (χ4n) is 9.97. The minimum Gasteiger partial charge on any atom is -0.480 e. The maximum atomic E-state index is 14.4. The smallest absolute Gasteiger partial charge is 0.326 e. The first-order valence-electron chi connectivity index (χ1n) is 33.7. The van der Waals surface area contributed by atoms with E-state index in [9.17, 15) is 77.3 Å². The number of nitrogens with zero attached hydrogens (tertiary/aromatic N) is 1. The van der Waals surface area contributed by atoms with Crippen LogP contribution in [0.5, 0.6) is 0 Å². The van der Waals surface area contributed by atoms with E-state index in [2.05, 4.69) is 91.7 Å². The summed E-state index contributed by atoms with van der Waals surface area (Å²) in [5, 5.41) is 60.5. The zero-order chi connectivity index (χ0) is 76.9. The number of aliphatic hydroxyl groups excluding tert-OH is 1. The van der Waals surface area contributed by atoms with Gasteiger partial charge in [-0.2, -0.15) is 12.6 Å². The second-order valence-corrected chi connectivity index (χ2v) is 26.0. The molecule has 0 radical (unpaired) electrons. The lowest BCUT2D eigenvalue weighted by molar-refractivity contribution is -0.143. The molecule has 1 heterocycles. The Morgan fingerprint density at radius 3 is 1.45 bits per heavy atom. The minimum absolute atomic E-state index is 0.0337. The van der Waals surface area contributed by atoms with Gasteiger partial charge in [0.2, 0.25) is 76.8 Å². The number of guanidine groups is 1. The largest absolute Gasteiger partial charge is 0.480 e. The number of primary amides is 1. The zero-order valence-corrected chi connectivity index (χ0v) is 59.9. The second-order valence-electron chi connectivity index (χ2n) is 25.6. The Hall–Kier alpha value is -9.53. The van der Waals surface area contributed by atoms with Crippen LogP contribution in [0.15, 0.2) is 42.9 Å². The highest BCUT2D eigenvalue weighted by Gasteiger charge is 2.38. The lowest BCUT2D eigenvalue weighted by Gasteiger charge is -2.30. The molecule has 0 aliphatic carbocycles. The molecule has 0 fully saturated rings. The Morgan fingerprint density at radius 2 is 0.961 bits per heavy atom. The maximum absolute atomic E-state index is 14.4. The van der Waals surface area contributed by atoms with E-state index in [1.54, 1.807) is 71.9 Å². The van der Waals surface area contributed by atoms with Crippen LogP contribution in [0.2, 0.25) is 0 Å². The molecule has 0 saturated carbocycles. The van der Waals surface area contributed by atoms with Gasteiger partial charge in [-0.15, -0.1) is 0 Å². The molecule has 2 aromatic rings. The summed E-state index contributed by atoms with van der Waals surface area (Å²) in [6.45, 7) is 11.6. The van der Waals surface area contributed by atoms with Gasteiger partial charge in [-0.1, -0.05) is 78.3 Å². The van der Waals surface area contributed by atoms with Gasteiger partial charge in [0.1, 0.15) is 66.5 Å². The van der Waals surface area contributed by atoms with Gasteiger partial charge in [0.05, 0.1) is 37.1 Å². The molecule has 37 nitrogen and oxygen atoms in total. The van der Waals surface area contributed by atoms with Gasteiger partial charge in [0.15, 0.2) is 5.96 Å². The Balaban J connectivity index is 2.30. The van der Waals surface area contributed by atoms with Crippen LogP contribution < -0.4 is 97.8 Å². The number of amides is 13. The quantitative estimate of drug-likeness (QED) is 0.0127. The number of benzene rings is 1. The van der Waals surface area contributed by atoms with Crippen molar-refractivity contribution < 1.29 is 77.3 Å². The van der Waals surface area contributed by atoms with Crippen LogP contribution in [-0.2, 0) is 80.0 Å². The number of carboxylic acids is 1. The normalized spacial score (nSPS) is 15.0. The maximum Gasteiger partial charge on any atom is 0.326 e. The van der Waals surface area contributed by atoms with Gasteiger partial charge in [-0.05, 0) is 95.2 Å². The number of aromatic amines is 1. The number of H-pyrrole nitrogens is 1. The van der Waals surface area contributed by atoms with Crippen LogP contribution in [-0.4, -0.2) is 219 Å². The predicted molar refractivity (Wildman–Crippen MR) is 377 cm³/mol. The van der Waals surface area contributed by atoms with Gasteiger partial charge in [-0.25, -0.2) is 9.78 Å².